The lowest BCUT2D eigenvalue weighted by molar-refractivity contribution is 0.0697. The Hall–Kier alpha value is -1.82. The number of hydrogen-bond acceptors (Lipinski definition) is 3. The number of carboxylic acids is 1. The Kier molecular flexibility index (Phi) is 3.96. The predicted molar refractivity (Wildman–Crippen MR) is 85.1 cm³/mol. The Morgan fingerprint density at radius 2 is 1.95 bits per heavy atom. The van der Waals surface area contributed by atoms with Crippen LogP contribution < -0.4 is 16.2 Å². The zero-order chi connectivity index (χ0) is 14.8. The van der Waals surface area contributed by atoms with E-state index in [1.54, 1.807) is 24.3 Å². The summed E-state index contributed by atoms with van der Waals surface area (Å²) in [5.74, 6) is 0.722. The Morgan fingerprint density at radius 1 is 1.19 bits per heavy atom. The van der Waals surface area contributed by atoms with Crippen LogP contribution in [0.25, 0.3) is 0 Å². The van der Waals surface area contributed by atoms with Crippen LogP contribution in [-0.4, -0.2) is 22.2 Å². The molecule has 2 bridgehead atoms. The normalized spacial score (nSPS) is 26.4. The summed E-state index contributed by atoms with van der Waals surface area (Å²) in [7, 11) is 0. The van der Waals surface area contributed by atoms with Crippen molar-refractivity contribution in [3.8, 4) is 0 Å². The van der Waals surface area contributed by atoms with Gasteiger partial charge in [0.2, 0.25) is 0 Å². The van der Waals surface area contributed by atoms with Gasteiger partial charge in [-0.1, -0.05) is 6.42 Å². The molecular weight excluding hydrogens is 286 g/mol. The van der Waals surface area contributed by atoms with Crippen LogP contribution in [-0.2, 0) is 0 Å². The standard InChI is InChI=1S/C15H19N3O2S/c19-14(20)10-3-5-12(6-4-10)17-18-15(21)16-13-8-9-1-2-11(13)7-9/h3-6,9,11,13,17H,1-2,7-8H2,(H,19,20)(H2,16,18,21). The van der Waals surface area contributed by atoms with Crippen molar-refractivity contribution in [2.75, 3.05) is 5.43 Å². The summed E-state index contributed by atoms with van der Waals surface area (Å²) in [4.78, 5) is 10.8. The fourth-order valence-corrected chi connectivity index (χ4v) is 3.65. The van der Waals surface area contributed by atoms with Crippen LogP contribution in [0.2, 0.25) is 0 Å². The lowest BCUT2D eigenvalue weighted by Gasteiger charge is -2.24. The minimum Gasteiger partial charge on any atom is -0.478 e. The minimum absolute atomic E-state index is 0.267. The fourth-order valence-electron chi connectivity index (χ4n) is 3.45. The SMILES string of the molecule is O=C(O)c1ccc(NNC(=S)NC2CC3CCC2C3)cc1. The van der Waals surface area contributed by atoms with Gasteiger partial charge in [0.05, 0.1) is 11.3 Å². The molecule has 6 heteroatoms. The van der Waals surface area contributed by atoms with Gasteiger partial charge in [-0.2, -0.15) is 0 Å². The quantitative estimate of drug-likeness (QED) is 0.505. The van der Waals surface area contributed by atoms with Crippen LogP contribution >= 0.6 is 12.2 Å². The molecule has 0 radical (unpaired) electrons. The van der Waals surface area contributed by atoms with E-state index in [9.17, 15) is 4.79 Å². The molecule has 2 fully saturated rings. The lowest BCUT2D eigenvalue weighted by Crippen LogP contribution is -2.46. The number of carboxylic acid groups (broad SMARTS) is 1. The van der Waals surface area contributed by atoms with Crippen LogP contribution in [0, 0.1) is 11.8 Å². The van der Waals surface area contributed by atoms with E-state index in [1.807, 2.05) is 0 Å². The molecule has 0 aromatic heterocycles. The highest BCUT2D eigenvalue weighted by molar-refractivity contribution is 7.80. The molecule has 0 aliphatic heterocycles. The second kappa shape index (κ2) is 5.89. The number of nitrogens with one attached hydrogen (secondary N) is 3. The van der Waals surface area contributed by atoms with E-state index in [1.165, 1.54) is 25.7 Å². The van der Waals surface area contributed by atoms with Gasteiger partial charge in [0.1, 0.15) is 0 Å². The number of carbonyl (C=O) groups is 1. The number of fused-ring (bicyclic) bond motifs is 2. The molecule has 5 nitrogen and oxygen atoms in total. The summed E-state index contributed by atoms with van der Waals surface area (Å²) < 4.78 is 0. The average molecular weight is 305 g/mol. The maximum Gasteiger partial charge on any atom is 0.335 e. The number of hydrogen-bond donors (Lipinski definition) is 4. The first-order chi connectivity index (χ1) is 10.1. The first-order valence-electron chi connectivity index (χ1n) is 7.27. The Balaban J connectivity index is 1.46. The topological polar surface area (TPSA) is 73.4 Å². The van der Waals surface area contributed by atoms with Crippen molar-refractivity contribution in [1.82, 2.24) is 10.7 Å². The van der Waals surface area contributed by atoms with E-state index in [2.05, 4.69) is 16.2 Å². The molecule has 2 aliphatic carbocycles. The second-order valence-electron chi connectivity index (χ2n) is 5.89. The number of anilines is 1. The lowest BCUT2D eigenvalue weighted by atomic mass is 9.96. The Bertz CT molecular complexity index is 546. The molecule has 0 heterocycles. The molecule has 4 N–H and O–H groups in total. The monoisotopic (exact) mass is 305 g/mol. The highest BCUT2D eigenvalue weighted by atomic mass is 32.1. The zero-order valence-corrected chi connectivity index (χ0v) is 12.5. The largest absolute Gasteiger partial charge is 0.478 e. The summed E-state index contributed by atoms with van der Waals surface area (Å²) >= 11 is 5.29. The van der Waals surface area contributed by atoms with Gasteiger partial charge >= 0.3 is 5.97 Å². The van der Waals surface area contributed by atoms with E-state index in [4.69, 9.17) is 17.3 Å². The van der Waals surface area contributed by atoms with Gasteiger partial charge in [-0.25, -0.2) is 4.79 Å². The molecule has 1 aromatic rings. The minimum atomic E-state index is -0.928. The van der Waals surface area contributed by atoms with E-state index < -0.39 is 5.97 Å². The van der Waals surface area contributed by atoms with E-state index >= 15 is 0 Å². The first kappa shape index (κ1) is 14.1. The second-order valence-corrected chi connectivity index (χ2v) is 6.30. The highest BCUT2D eigenvalue weighted by Crippen LogP contribution is 2.44. The fraction of sp³-hybridized carbons (Fsp3) is 0.467. The van der Waals surface area contributed by atoms with Crippen molar-refractivity contribution in [1.29, 1.82) is 0 Å². The van der Waals surface area contributed by atoms with Gasteiger partial charge in [-0.15, -0.1) is 0 Å². The summed E-state index contributed by atoms with van der Waals surface area (Å²) in [5.41, 5.74) is 6.98. The number of thiocarbonyl (C=S) groups is 1. The number of rotatable bonds is 4. The van der Waals surface area contributed by atoms with Gasteiger partial charge in [0.15, 0.2) is 5.11 Å². The van der Waals surface area contributed by atoms with Gasteiger partial charge in [-0.05, 0) is 67.6 Å². The molecule has 1 aromatic carbocycles. The third kappa shape index (κ3) is 3.26. The maximum atomic E-state index is 10.8. The van der Waals surface area contributed by atoms with Crippen LogP contribution in [0.3, 0.4) is 0 Å². The van der Waals surface area contributed by atoms with Crippen LogP contribution in [0.1, 0.15) is 36.0 Å². The molecular formula is C15H19N3O2S. The molecule has 0 amide bonds. The summed E-state index contributed by atoms with van der Waals surface area (Å²) in [5, 5.41) is 12.8. The summed E-state index contributed by atoms with van der Waals surface area (Å²) in [6, 6.07) is 7.02. The van der Waals surface area contributed by atoms with Crippen LogP contribution in [0.4, 0.5) is 5.69 Å². The van der Waals surface area contributed by atoms with Crippen LogP contribution in [0.15, 0.2) is 24.3 Å². The molecule has 21 heavy (non-hydrogen) atoms. The third-order valence-electron chi connectivity index (χ3n) is 4.51. The molecule has 3 atom stereocenters. The zero-order valence-electron chi connectivity index (χ0n) is 11.6. The van der Waals surface area contributed by atoms with Gasteiger partial charge in [0, 0.05) is 6.04 Å². The first-order valence-corrected chi connectivity index (χ1v) is 7.68. The maximum absolute atomic E-state index is 10.8. The van der Waals surface area contributed by atoms with E-state index in [-0.39, 0.29) is 5.56 Å². The highest BCUT2D eigenvalue weighted by Gasteiger charge is 2.39. The van der Waals surface area contributed by atoms with Crippen molar-refractivity contribution < 1.29 is 9.90 Å². The number of hydrazine groups is 1. The van der Waals surface area contributed by atoms with Gasteiger partial charge in [0.25, 0.3) is 0 Å². The van der Waals surface area contributed by atoms with Crippen molar-refractivity contribution in [3.05, 3.63) is 29.8 Å². The molecule has 0 spiro atoms. The smallest absolute Gasteiger partial charge is 0.335 e. The Labute approximate surface area is 129 Å². The molecule has 3 rings (SSSR count). The van der Waals surface area contributed by atoms with E-state index in [0.717, 1.165) is 17.5 Å². The Morgan fingerprint density at radius 3 is 2.52 bits per heavy atom. The number of benzene rings is 1. The van der Waals surface area contributed by atoms with Crippen molar-refractivity contribution in [3.63, 3.8) is 0 Å². The van der Waals surface area contributed by atoms with Crippen LogP contribution in [0.5, 0.6) is 0 Å². The summed E-state index contributed by atoms with van der Waals surface area (Å²) in [6.07, 6.45) is 5.25. The van der Waals surface area contributed by atoms with E-state index in [0.29, 0.717) is 11.2 Å². The molecule has 0 saturated heterocycles. The van der Waals surface area contributed by atoms with Crippen molar-refractivity contribution in [2.24, 2.45) is 11.8 Å². The molecule has 2 aliphatic rings. The molecule has 3 unspecified atom stereocenters. The number of aromatic carboxylic acids is 1. The predicted octanol–water partition coefficient (Wildman–Crippen LogP) is 2.36. The van der Waals surface area contributed by atoms with Gasteiger partial charge in [-0.3, -0.25) is 10.9 Å². The van der Waals surface area contributed by atoms with Crippen molar-refractivity contribution in [2.45, 2.75) is 31.7 Å². The third-order valence-corrected chi connectivity index (χ3v) is 4.73. The summed E-state index contributed by atoms with van der Waals surface area (Å²) in [6.45, 7) is 0. The van der Waals surface area contributed by atoms with Gasteiger partial charge < -0.3 is 10.4 Å². The average Bonchev–Trinajstić information content (AvgIpc) is 3.08. The molecule has 2 saturated carbocycles. The molecule has 112 valence electrons. The van der Waals surface area contributed by atoms with Crippen molar-refractivity contribution >= 4 is 29.0 Å².